The number of carbonyl (C=O) groups excluding carboxylic acids is 1. The van der Waals surface area contributed by atoms with Crippen molar-refractivity contribution in [2.24, 2.45) is 0 Å². The highest BCUT2D eigenvalue weighted by Gasteiger charge is 2.21. The lowest BCUT2D eigenvalue weighted by Gasteiger charge is -2.25. The Hall–Kier alpha value is -1.10. The number of aliphatic carboxylic acids is 1. The lowest BCUT2D eigenvalue weighted by atomic mass is 9.98. The van der Waals surface area contributed by atoms with E-state index in [0.29, 0.717) is 26.1 Å². The number of hydrogen-bond acceptors (Lipinski definition) is 3. The number of hydrogen-bond donors (Lipinski definition) is 2. The SMILES string of the molecule is CCOCCC(=O)NC(C)(C)CCC(=O)O. The predicted octanol–water partition coefficient (Wildman–Crippen LogP) is 1.17. The van der Waals surface area contributed by atoms with Gasteiger partial charge >= 0.3 is 5.97 Å². The van der Waals surface area contributed by atoms with Crippen LogP contribution in [0.1, 0.15) is 40.0 Å². The Kier molecular flexibility index (Phi) is 6.72. The molecule has 16 heavy (non-hydrogen) atoms. The molecule has 5 heteroatoms. The second-order valence-electron chi connectivity index (χ2n) is 4.27. The number of carbonyl (C=O) groups is 2. The summed E-state index contributed by atoms with van der Waals surface area (Å²) in [6, 6.07) is 0. The third-order valence-electron chi connectivity index (χ3n) is 2.12. The van der Waals surface area contributed by atoms with Crippen molar-refractivity contribution in [3.8, 4) is 0 Å². The van der Waals surface area contributed by atoms with E-state index in [2.05, 4.69) is 5.32 Å². The number of nitrogens with one attached hydrogen (secondary N) is 1. The van der Waals surface area contributed by atoms with Gasteiger partial charge in [-0.1, -0.05) is 0 Å². The summed E-state index contributed by atoms with van der Waals surface area (Å²) in [5, 5.41) is 11.3. The van der Waals surface area contributed by atoms with Crippen LogP contribution in [0.3, 0.4) is 0 Å². The lowest BCUT2D eigenvalue weighted by Crippen LogP contribution is -2.44. The summed E-state index contributed by atoms with van der Waals surface area (Å²) in [7, 11) is 0. The Morgan fingerprint density at radius 2 is 1.94 bits per heavy atom. The minimum Gasteiger partial charge on any atom is -0.481 e. The van der Waals surface area contributed by atoms with Gasteiger partial charge in [-0.15, -0.1) is 0 Å². The Bertz CT molecular complexity index is 238. The Morgan fingerprint density at radius 1 is 1.31 bits per heavy atom. The van der Waals surface area contributed by atoms with Gasteiger partial charge in [0.05, 0.1) is 6.61 Å². The molecule has 2 N–H and O–H groups in total. The molecule has 0 aromatic heterocycles. The van der Waals surface area contributed by atoms with Crippen LogP contribution in [0.25, 0.3) is 0 Å². The number of amides is 1. The van der Waals surface area contributed by atoms with Crippen molar-refractivity contribution in [3.05, 3.63) is 0 Å². The van der Waals surface area contributed by atoms with Crippen molar-refractivity contribution in [2.45, 2.75) is 45.6 Å². The van der Waals surface area contributed by atoms with E-state index < -0.39 is 11.5 Å². The van der Waals surface area contributed by atoms with Crippen LogP contribution in [-0.4, -0.2) is 35.7 Å². The molecule has 0 heterocycles. The molecule has 0 spiro atoms. The van der Waals surface area contributed by atoms with Crippen LogP contribution < -0.4 is 5.32 Å². The smallest absolute Gasteiger partial charge is 0.303 e. The second-order valence-corrected chi connectivity index (χ2v) is 4.27. The summed E-state index contributed by atoms with van der Waals surface area (Å²) in [5.74, 6) is -0.958. The van der Waals surface area contributed by atoms with Crippen LogP contribution in [0.15, 0.2) is 0 Å². The van der Waals surface area contributed by atoms with E-state index in [0.717, 1.165) is 0 Å². The first-order valence-electron chi connectivity index (χ1n) is 5.48. The maximum atomic E-state index is 11.4. The maximum absolute atomic E-state index is 11.4. The highest BCUT2D eigenvalue weighted by atomic mass is 16.5. The third-order valence-corrected chi connectivity index (χ3v) is 2.12. The lowest BCUT2D eigenvalue weighted by molar-refractivity contribution is -0.138. The van der Waals surface area contributed by atoms with Crippen LogP contribution in [0.4, 0.5) is 0 Å². The molecular formula is C11H21NO4. The largest absolute Gasteiger partial charge is 0.481 e. The zero-order chi connectivity index (χ0) is 12.6. The van der Waals surface area contributed by atoms with Gasteiger partial charge in [-0.25, -0.2) is 0 Å². The molecule has 0 aliphatic carbocycles. The van der Waals surface area contributed by atoms with Gasteiger partial charge in [-0.3, -0.25) is 9.59 Å². The van der Waals surface area contributed by atoms with Crippen molar-refractivity contribution in [1.29, 1.82) is 0 Å². The van der Waals surface area contributed by atoms with Crippen LogP contribution >= 0.6 is 0 Å². The average Bonchev–Trinajstić information content (AvgIpc) is 2.15. The first-order chi connectivity index (χ1) is 7.37. The van der Waals surface area contributed by atoms with Gasteiger partial charge in [0.2, 0.25) is 5.91 Å². The fraction of sp³-hybridized carbons (Fsp3) is 0.818. The molecule has 0 saturated heterocycles. The Morgan fingerprint density at radius 3 is 2.44 bits per heavy atom. The molecule has 0 aliphatic rings. The highest BCUT2D eigenvalue weighted by Crippen LogP contribution is 2.11. The van der Waals surface area contributed by atoms with E-state index >= 15 is 0 Å². The van der Waals surface area contributed by atoms with E-state index in [4.69, 9.17) is 9.84 Å². The van der Waals surface area contributed by atoms with Crippen molar-refractivity contribution in [2.75, 3.05) is 13.2 Å². The second kappa shape index (κ2) is 7.22. The molecule has 0 aromatic rings. The molecule has 1 amide bonds. The van der Waals surface area contributed by atoms with Gasteiger partial charge in [-0.05, 0) is 27.2 Å². The molecule has 0 saturated carbocycles. The van der Waals surface area contributed by atoms with Gasteiger partial charge < -0.3 is 15.2 Å². The predicted molar refractivity (Wildman–Crippen MR) is 60.2 cm³/mol. The molecule has 0 atom stereocenters. The molecule has 0 bridgehead atoms. The summed E-state index contributed by atoms with van der Waals surface area (Å²) in [6.45, 7) is 6.49. The summed E-state index contributed by atoms with van der Waals surface area (Å²) in [5.41, 5.74) is -0.484. The van der Waals surface area contributed by atoms with Crippen LogP contribution in [0.2, 0.25) is 0 Å². The van der Waals surface area contributed by atoms with Gasteiger partial charge in [-0.2, -0.15) is 0 Å². The zero-order valence-electron chi connectivity index (χ0n) is 10.2. The van der Waals surface area contributed by atoms with Crippen molar-refractivity contribution in [1.82, 2.24) is 5.32 Å². The number of carboxylic acid groups (broad SMARTS) is 1. The highest BCUT2D eigenvalue weighted by molar-refractivity contribution is 5.77. The van der Waals surface area contributed by atoms with E-state index in [1.165, 1.54) is 0 Å². The van der Waals surface area contributed by atoms with Crippen molar-refractivity contribution >= 4 is 11.9 Å². The minimum absolute atomic E-state index is 0.0543. The number of ether oxygens (including phenoxy) is 1. The molecule has 0 rings (SSSR count). The number of rotatable bonds is 8. The van der Waals surface area contributed by atoms with Crippen LogP contribution in [0.5, 0.6) is 0 Å². The van der Waals surface area contributed by atoms with Crippen molar-refractivity contribution in [3.63, 3.8) is 0 Å². The van der Waals surface area contributed by atoms with E-state index in [1.807, 2.05) is 20.8 Å². The summed E-state index contributed by atoms with van der Waals surface area (Å²) < 4.78 is 5.06. The molecule has 0 fully saturated rings. The molecular weight excluding hydrogens is 210 g/mol. The van der Waals surface area contributed by atoms with Gasteiger partial charge in [0.25, 0.3) is 0 Å². The fourth-order valence-corrected chi connectivity index (χ4v) is 1.23. The zero-order valence-corrected chi connectivity index (χ0v) is 10.2. The van der Waals surface area contributed by atoms with E-state index in [-0.39, 0.29) is 12.3 Å². The molecule has 0 radical (unpaired) electrons. The number of carboxylic acids is 1. The Labute approximate surface area is 96.2 Å². The normalized spacial score (nSPS) is 11.2. The van der Waals surface area contributed by atoms with Gasteiger partial charge in [0, 0.05) is 25.0 Å². The van der Waals surface area contributed by atoms with Crippen LogP contribution in [0, 0.1) is 0 Å². The fourth-order valence-electron chi connectivity index (χ4n) is 1.23. The minimum atomic E-state index is -0.850. The molecule has 0 unspecified atom stereocenters. The summed E-state index contributed by atoms with van der Waals surface area (Å²) in [4.78, 5) is 21.8. The molecule has 0 aliphatic heterocycles. The topological polar surface area (TPSA) is 75.6 Å². The van der Waals surface area contributed by atoms with E-state index in [1.54, 1.807) is 0 Å². The first kappa shape index (κ1) is 14.9. The first-order valence-corrected chi connectivity index (χ1v) is 5.48. The molecule has 5 nitrogen and oxygen atoms in total. The monoisotopic (exact) mass is 231 g/mol. The third kappa shape index (κ3) is 8.23. The van der Waals surface area contributed by atoms with Gasteiger partial charge in [0.1, 0.15) is 0 Å². The Balaban J connectivity index is 3.85. The maximum Gasteiger partial charge on any atom is 0.303 e. The average molecular weight is 231 g/mol. The molecule has 0 aromatic carbocycles. The van der Waals surface area contributed by atoms with Gasteiger partial charge in [0.15, 0.2) is 0 Å². The summed E-state index contributed by atoms with van der Waals surface area (Å²) in [6.07, 6.45) is 0.784. The quantitative estimate of drug-likeness (QED) is 0.615. The van der Waals surface area contributed by atoms with Crippen molar-refractivity contribution < 1.29 is 19.4 Å². The van der Waals surface area contributed by atoms with E-state index in [9.17, 15) is 9.59 Å². The summed E-state index contributed by atoms with van der Waals surface area (Å²) >= 11 is 0. The molecule has 94 valence electrons. The standard InChI is InChI=1S/C11H21NO4/c1-4-16-8-6-9(13)12-11(2,3)7-5-10(14)15/h4-8H2,1-3H3,(H,12,13)(H,14,15). The van der Waals surface area contributed by atoms with Crippen LogP contribution in [-0.2, 0) is 14.3 Å².